The second kappa shape index (κ2) is 11.2. The highest BCUT2D eigenvalue weighted by atomic mass is 16.5. The van der Waals surface area contributed by atoms with Gasteiger partial charge in [0.25, 0.3) is 0 Å². The average molecular weight is 333 g/mol. The maximum Gasteiger partial charge on any atom is 0.107 e. The van der Waals surface area contributed by atoms with Crippen LogP contribution in [0.25, 0.3) is 0 Å². The lowest BCUT2D eigenvalue weighted by Crippen LogP contribution is -2.46. The summed E-state index contributed by atoms with van der Waals surface area (Å²) in [4.78, 5) is 0. The summed E-state index contributed by atoms with van der Waals surface area (Å²) in [7, 11) is 0. The summed E-state index contributed by atoms with van der Waals surface area (Å²) in [6, 6.07) is 0. The normalized spacial score (nSPS) is 33.0. The fraction of sp³-hybridized carbons (Fsp3) is 0.913. The van der Waals surface area contributed by atoms with Gasteiger partial charge in [0.05, 0.1) is 6.10 Å². The molecule has 138 valence electrons. The highest BCUT2D eigenvalue weighted by Crippen LogP contribution is 2.50. The Morgan fingerprint density at radius 3 is 2.12 bits per heavy atom. The van der Waals surface area contributed by atoms with Crippen LogP contribution in [-0.2, 0) is 4.74 Å². The highest BCUT2D eigenvalue weighted by Gasteiger charge is 2.45. The molecule has 2 saturated carbocycles. The van der Waals surface area contributed by atoms with Gasteiger partial charge in [-0.25, -0.2) is 0 Å². The average Bonchev–Trinajstić information content (AvgIpc) is 2.61. The van der Waals surface area contributed by atoms with Gasteiger partial charge in [-0.3, -0.25) is 0 Å². The molecule has 0 spiro atoms. The molecule has 0 aromatic carbocycles. The van der Waals surface area contributed by atoms with Crippen LogP contribution >= 0.6 is 0 Å². The number of fused-ring (bicyclic) bond motifs is 1. The highest BCUT2D eigenvalue weighted by molar-refractivity contribution is 4.96. The van der Waals surface area contributed by atoms with E-state index in [1.165, 1.54) is 83.5 Å². The summed E-state index contributed by atoms with van der Waals surface area (Å²) in [6.45, 7) is 5.14. The van der Waals surface area contributed by atoms with Crippen molar-refractivity contribution in [1.29, 1.82) is 0 Å². The molecule has 1 heteroatoms. The summed E-state index contributed by atoms with van der Waals surface area (Å²) >= 11 is 0. The standard InChI is InChI=1S/C23H40O/c1-4-7-9-13-19-18-20(14-10-8-5-2)23(24-17-6-3)22-16-12-11-15-21(19)22/h3,19-23H,4-5,7-18H2,1-2H3. The second-order valence-electron chi connectivity index (χ2n) is 8.34. The van der Waals surface area contributed by atoms with Crippen LogP contribution < -0.4 is 0 Å². The van der Waals surface area contributed by atoms with Gasteiger partial charge in [-0.05, 0) is 49.4 Å². The van der Waals surface area contributed by atoms with Crippen LogP contribution in [-0.4, -0.2) is 12.7 Å². The van der Waals surface area contributed by atoms with Crippen molar-refractivity contribution in [3.63, 3.8) is 0 Å². The van der Waals surface area contributed by atoms with E-state index in [9.17, 15) is 0 Å². The molecule has 5 unspecified atom stereocenters. The molecule has 2 fully saturated rings. The molecule has 0 aliphatic heterocycles. The maximum absolute atomic E-state index is 6.28. The summed E-state index contributed by atoms with van der Waals surface area (Å²) in [6.07, 6.45) is 24.1. The molecule has 1 nitrogen and oxygen atoms in total. The lowest BCUT2D eigenvalue weighted by molar-refractivity contribution is -0.0964. The summed E-state index contributed by atoms with van der Waals surface area (Å²) < 4.78 is 6.28. The predicted molar refractivity (Wildman–Crippen MR) is 104 cm³/mol. The number of rotatable bonds is 10. The largest absolute Gasteiger partial charge is 0.365 e. The summed E-state index contributed by atoms with van der Waals surface area (Å²) in [5.41, 5.74) is 0. The van der Waals surface area contributed by atoms with Gasteiger partial charge in [-0.15, -0.1) is 6.42 Å². The first-order valence-electron chi connectivity index (χ1n) is 10.9. The Balaban J connectivity index is 2.04. The molecular weight excluding hydrogens is 292 g/mol. The smallest absolute Gasteiger partial charge is 0.107 e. The SMILES string of the molecule is C#CCOC1C(CCCCC)CC(CCCCC)C2CCCCC21. The first kappa shape index (κ1) is 19.8. The van der Waals surface area contributed by atoms with E-state index < -0.39 is 0 Å². The predicted octanol–water partition coefficient (Wildman–Crippen LogP) is 6.61. The topological polar surface area (TPSA) is 9.23 Å². The maximum atomic E-state index is 6.28. The lowest BCUT2D eigenvalue weighted by atomic mass is 9.59. The Morgan fingerprint density at radius 2 is 1.50 bits per heavy atom. The number of unbranched alkanes of at least 4 members (excludes halogenated alkanes) is 4. The van der Waals surface area contributed by atoms with Gasteiger partial charge >= 0.3 is 0 Å². The molecule has 0 heterocycles. The zero-order valence-corrected chi connectivity index (χ0v) is 16.3. The van der Waals surface area contributed by atoms with E-state index in [2.05, 4.69) is 19.8 Å². The van der Waals surface area contributed by atoms with Crippen molar-refractivity contribution in [2.75, 3.05) is 6.61 Å². The van der Waals surface area contributed by atoms with E-state index in [1.807, 2.05) is 0 Å². The fourth-order valence-electron chi connectivity index (χ4n) is 5.56. The summed E-state index contributed by atoms with van der Waals surface area (Å²) in [5.74, 6) is 6.16. The molecule has 0 radical (unpaired) electrons. The van der Waals surface area contributed by atoms with Crippen molar-refractivity contribution in [3.8, 4) is 12.3 Å². The first-order chi connectivity index (χ1) is 11.8. The Morgan fingerprint density at radius 1 is 0.875 bits per heavy atom. The quantitative estimate of drug-likeness (QED) is 0.323. The van der Waals surface area contributed by atoms with Crippen LogP contribution in [0, 0.1) is 36.0 Å². The van der Waals surface area contributed by atoms with Gasteiger partial charge in [0.2, 0.25) is 0 Å². The molecular formula is C23H40O. The van der Waals surface area contributed by atoms with Crippen LogP contribution in [0.3, 0.4) is 0 Å². The molecule has 2 rings (SSSR count). The van der Waals surface area contributed by atoms with E-state index in [4.69, 9.17) is 11.2 Å². The van der Waals surface area contributed by atoms with Crippen molar-refractivity contribution in [3.05, 3.63) is 0 Å². The van der Waals surface area contributed by atoms with Gasteiger partial charge < -0.3 is 4.74 Å². The molecule has 0 aromatic heterocycles. The molecule has 0 amide bonds. The van der Waals surface area contributed by atoms with Crippen molar-refractivity contribution in [1.82, 2.24) is 0 Å². The second-order valence-corrected chi connectivity index (χ2v) is 8.34. The minimum absolute atomic E-state index is 0.450. The number of hydrogen-bond donors (Lipinski definition) is 0. The zero-order chi connectivity index (χ0) is 17.2. The molecule has 0 aromatic rings. The minimum atomic E-state index is 0.450. The first-order valence-corrected chi connectivity index (χ1v) is 10.9. The van der Waals surface area contributed by atoms with E-state index in [1.54, 1.807) is 0 Å². The Kier molecular flexibility index (Phi) is 9.26. The molecule has 5 atom stereocenters. The molecule has 0 bridgehead atoms. The number of terminal acetylenes is 1. The van der Waals surface area contributed by atoms with Crippen LogP contribution in [0.5, 0.6) is 0 Å². The number of ether oxygens (including phenoxy) is 1. The van der Waals surface area contributed by atoms with Gasteiger partial charge in [-0.2, -0.15) is 0 Å². The van der Waals surface area contributed by atoms with E-state index in [0.717, 1.165) is 23.7 Å². The van der Waals surface area contributed by atoms with Crippen molar-refractivity contribution < 1.29 is 4.74 Å². The Labute approximate surface area is 151 Å². The molecule has 2 aliphatic rings. The van der Waals surface area contributed by atoms with E-state index in [0.29, 0.717) is 12.7 Å². The van der Waals surface area contributed by atoms with Crippen molar-refractivity contribution >= 4 is 0 Å². The van der Waals surface area contributed by atoms with E-state index >= 15 is 0 Å². The fourth-order valence-corrected chi connectivity index (χ4v) is 5.56. The van der Waals surface area contributed by atoms with Crippen LogP contribution in [0.2, 0.25) is 0 Å². The third-order valence-electron chi connectivity index (χ3n) is 6.69. The third kappa shape index (κ3) is 5.52. The molecule has 0 saturated heterocycles. The third-order valence-corrected chi connectivity index (χ3v) is 6.69. The molecule has 2 aliphatic carbocycles. The Bertz CT molecular complexity index is 369. The summed E-state index contributed by atoms with van der Waals surface area (Å²) in [5, 5.41) is 0. The number of hydrogen-bond acceptors (Lipinski definition) is 1. The molecule has 24 heavy (non-hydrogen) atoms. The Hall–Kier alpha value is -0.480. The zero-order valence-electron chi connectivity index (χ0n) is 16.3. The van der Waals surface area contributed by atoms with Crippen LogP contribution in [0.15, 0.2) is 0 Å². The molecule has 0 N–H and O–H groups in total. The van der Waals surface area contributed by atoms with Gasteiger partial charge in [0, 0.05) is 0 Å². The van der Waals surface area contributed by atoms with Gasteiger partial charge in [0.15, 0.2) is 0 Å². The lowest BCUT2D eigenvalue weighted by Gasteiger charge is -2.49. The van der Waals surface area contributed by atoms with Crippen LogP contribution in [0.1, 0.15) is 97.3 Å². The monoisotopic (exact) mass is 332 g/mol. The van der Waals surface area contributed by atoms with E-state index in [-0.39, 0.29) is 0 Å². The van der Waals surface area contributed by atoms with Gasteiger partial charge in [-0.1, -0.05) is 77.6 Å². The van der Waals surface area contributed by atoms with Crippen molar-refractivity contribution in [2.45, 2.75) is 103 Å². The van der Waals surface area contributed by atoms with Gasteiger partial charge in [0.1, 0.15) is 6.61 Å². The van der Waals surface area contributed by atoms with Crippen molar-refractivity contribution in [2.24, 2.45) is 23.7 Å². The van der Waals surface area contributed by atoms with Crippen LogP contribution in [0.4, 0.5) is 0 Å². The minimum Gasteiger partial charge on any atom is -0.365 e.